The highest BCUT2D eigenvalue weighted by atomic mass is 35.5. The van der Waals surface area contributed by atoms with Crippen LogP contribution < -0.4 is 10.5 Å². The Balaban J connectivity index is 2.46. The normalized spacial score (nSPS) is 10.5. The number of nitrogens with zero attached hydrogens (tertiary/aromatic N) is 1. The molecule has 5 heteroatoms. The number of aromatic nitrogens is 1. The summed E-state index contributed by atoms with van der Waals surface area (Å²) in [4.78, 5) is 4.32. The summed E-state index contributed by atoms with van der Waals surface area (Å²) in [5, 5.41) is 8.42. The van der Waals surface area contributed by atoms with E-state index in [1.165, 1.54) is 0 Å². The summed E-state index contributed by atoms with van der Waals surface area (Å²) >= 11 is 6.11. The number of pyridine rings is 1. The molecule has 0 spiro atoms. The van der Waals surface area contributed by atoms with Crippen molar-refractivity contribution >= 4 is 17.4 Å². The average molecular weight is 304 g/mol. The Hall–Kier alpha value is -2.07. The van der Waals surface area contributed by atoms with Gasteiger partial charge in [0, 0.05) is 16.8 Å². The molecule has 3 N–H and O–H groups in total. The van der Waals surface area contributed by atoms with Gasteiger partial charge >= 0.3 is 0 Å². The lowest BCUT2D eigenvalue weighted by atomic mass is 10.1. The molecule has 21 heavy (non-hydrogen) atoms. The van der Waals surface area contributed by atoms with E-state index < -0.39 is 0 Å². The lowest BCUT2D eigenvalue weighted by Gasteiger charge is -2.14. The fourth-order valence-electron chi connectivity index (χ4n) is 2.21. The molecule has 0 unspecified atom stereocenters. The Morgan fingerprint density at radius 2 is 2.05 bits per heavy atom. The van der Waals surface area contributed by atoms with Crippen molar-refractivity contribution in [3.63, 3.8) is 0 Å². The van der Waals surface area contributed by atoms with Crippen LogP contribution in [0.15, 0.2) is 24.3 Å². The summed E-state index contributed by atoms with van der Waals surface area (Å²) in [5.74, 6) is 1.15. The quantitative estimate of drug-likeness (QED) is 0.662. The molecule has 2 rings (SSSR count). The van der Waals surface area contributed by atoms with Crippen LogP contribution >= 0.6 is 11.6 Å². The highest BCUT2D eigenvalue weighted by molar-refractivity contribution is 6.31. The minimum Gasteiger partial charge on any atom is -0.456 e. The van der Waals surface area contributed by atoms with Crippen LogP contribution in [0.3, 0.4) is 0 Å². The topological polar surface area (TPSA) is 72.0 Å². The van der Waals surface area contributed by atoms with E-state index in [-0.39, 0.29) is 5.84 Å². The van der Waals surface area contributed by atoms with Crippen LogP contribution in [0.1, 0.15) is 29.4 Å². The number of rotatable bonds is 4. The molecule has 0 aliphatic rings. The van der Waals surface area contributed by atoms with Gasteiger partial charge in [-0.25, -0.2) is 0 Å². The lowest BCUT2D eigenvalue weighted by molar-refractivity contribution is 0.479. The number of benzene rings is 1. The van der Waals surface area contributed by atoms with Crippen molar-refractivity contribution in [2.45, 2.75) is 27.2 Å². The SMILES string of the molecule is CCc1cc(Oc2cc(C)nc(C)c2C(=N)N)ccc1Cl. The van der Waals surface area contributed by atoms with Gasteiger partial charge in [-0.05, 0) is 44.0 Å². The summed E-state index contributed by atoms with van der Waals surface area (Å²) in [5.41, 5.74) is 8.68. The maximum Gasteiger partial charge on any atom is 0.141 e. The third kappa shape index (κ3) is 3.34. The molecule has 0 saturated carbocycles. The summed E-state index contributed by atoms with van der Waals surface area (Å²) in [6, 6.07) is 7.29. The molecule has 0 bridgehead atoms. The van der Waals surface area contributed by atoms with E-state index in [9.17, 15) is 0 Å². The van der Waals surface area contributed by atoms with Gasteiger partial charge in [0.25, 0.3) is 0 Å². The molecule has 0 aliphatic carbocycles. The van der Waals surface area contributed by atoms with Crippen molar-refractivity contribution in [3.8, 4) is 11.5 Å². The lowest BCUT2D eigenvalue weighted by Crippen LogP contribution is -2.15. The Morgan fingerprint density at radius 3 is 2.67 bits per heavy atom. The molecule has 0 atom stereocenters. The molecule has 0 saturated heterocycles. The molecule has 0 fully saturated rings. The van der Waals surface area contributed by atoms with E-state index in [1.54, 1.807) is 12.1 Å². The number of aryl methyl sites for hydroxylation is 3. The second-order valence-electron chi connectivity index (χ2n) is 4.84. The molecule has 110 valence electrons. The minimum atomic E-state index is -0.0559. The maximum absolute atomic E-state index is 7.70. The van der Waals surface area contributed by atoms with Gasteiger partial charge in [-0.2, -0.15) is 0 Å². The van der Waals surface area contributed by atoms with Crippen LogP contribution in [-0.2, 0) is 6.42 Å². The highest BCUT2D eigenvalue weighted by Gasteiger charge is 2.14. The molecule has 0 amide bonds. The molecular formula is C16H18ClN3O. The van der Waals surface area contributed by atoms with Crippen LogP contribution in [0.2, 0.25) is 5.02 Å². The molecule has 1 heterocycles. The molecule has 1 aromatic carbocycles. The molecule has 4 nitrogen and oxygen atoms in total. The van der Waals surface area contributed by atoms with Crippen molar-refractivity contribution in [3.05, 3.63) is 51.8 Å². The first kappa shape index (κ1) is 15.3. The number of amidine groups is 1. The van der Waals surface area contributed by atoms with E-state index in [0.717, 1.165) is 22.7 Å². The van der Waals surface area contributed by atoms with E-state index >= 15 is 0 Å². The largest absolute Gasteiger partial charge is 0.456 e. The summed E-state index contributed by atoms with van der Waals surface area (Å²) < 4.78 is 5.91. The number of halogens is 1. The maximum atomic E-state index is 7.70. The van der Waals surface area contributed by atoms with Crippen molar-refractivity contribution in [2.24, 2.45) is 5.73 Å². The number of nitrogens with one attached hydrogen (secondary N) is 1. The van der Waals surface area contributed by atoms with Crippen molar-refractivity contribution < 1.29 is 4.74 Å². The molecular weight excluding hydrogens is 286 g/mol. The molecule has 1 aromatic heterocycles. The molecule has 0 aliphatic heterocycles. The average Bonchev–Trinajstić information content (AvgIpc) is 2.39. The third-order valence-electron chi connectivity index (χ3n) is 3.19. The van der Waals surface area contributed by atoms with E-state index in [1.807, 2.05) is 32.9 Å². The second-order valence-corrected chi connectivity index (χ2v) is 5.25. The Bertz CT molecular complexity index is 698. The number of hydrogen-bond acceptors (Lipinski definition) is 3. The molecule has 0 radical (unpaired) electrons. The van der Waals surface area contributed by atoms with Gasteiger partial charge in [-0.1, -0.05) is 18.5 Å². The minimum absolute atomic E-state index is 0.0559. The summed E-state index contributed by atoms with van der Waals surface area (Å²) in [6.45, 7) is 5.73. The van der Waals surface area contributed by atoms with Gasteiger partial charge in [0.05, 0.1) is 11.3 Å². The standard InChI is InChI=1S/C16H18ClN3O/c1-4-11-8-12(5-6-13(11)17)21-14-7-9(2)20-10(3)15(14)16(18)19/h5-8H,4H2,1-3H3,(H3,18,19). The predicted molar refractivity (Wildman–Crippen MR) is 85.6 cm³/mol. The Morgan fingerprint density at radius 1 is 1.33 bits per heavy atom. The zero-order valence-corrected chi connectivity index (χ0v) is 13.1. The molecule has 2 aromatic rings. The fourth-order valence-corrected chi connectivity index (χ4v) is 2.46. The zero-order chi connectivity index (χ0) is 15.6. The van der Waals surface area contributed by atoms with Gasteiger partial charge in [-0.15, -0.1) is 0 Å². The third-order valence-corrected chi connectivity index (χ3v) is 3.56. The van der Waals surface area contributed by atoms with Gasteiger partial charge in [-0.3, -0.25) is 10.4 Å². The van der Waals surface area contributed by atoms with Crippen LogP contribution in [0, 0.1) is 19.3 Å². The van der Waals surface area contributed by atoms with Crippen LogP contribution in [0.4, 0.5) is 0 Å². The highest BCUT2D eigenvalue weighted by Crippen LogP contribution is 2.30. The van der Waals surface area contributed by atoms with Gasteiger partial charge in [0.1, 0.15) is 17.3 Å². The first-order chi connectivity index (χ1) is 9.92. The first-order valence-electron chi connectivity index (χ1n) is 6.71. The number of hydrogen-bond donors (Lipinski definition) is 2. The summed E-state index contributed by atoms with van der Waals surface area (Å²) in [7, 11) is 0. The Kier molecular flexibility index (Phi) is 4.48. The van der Waals surface area contributed by atoms with Gasteiger partial charge in [0.2, 0.25) is 0 Å². The number of nitrogens with two attached hydrogens (primary N) is 1. The van der Waals surface area contributed by atoms with Crippen LogP contribution in [0.5, 0.6) is 11.5 Å². The zero-order valence-electron chi connectivity index (χ0n) is 12.3. The monoisotopic (exact) mass is 303 g/mol. The van der Waals surface area contributed by atoms with E-state index in [2.05, 4.69) is 4.98 Å². The van der Waals surface area contributed by atoms with Crippen molar-refractivity contribution in [1.82, 2.24) is 4.98 Å². The predicted octanol–water partition coefficient (Wildman–Crippen LogP) is 3.99. The van der Waals surface area contributed by atoms with Crippen LogP contribution in [-0.4, -0.2) is 10.8 Å². The Labute approximate surface area is 129 Å². The van der Waals surface area contributed by atoms with Crippen molar-refractivity contribution in [1.29, 1.82) is 5.41 Å². The van der Waals surface area contributed by atoms with Crippen molar-refractivity contribution in [2.75, 3.05) is 0 Å². The van der Waals surface area contributed by atoms with E-state index in [0.29, 0.717) is 22.8 Å². The first-order valence-corrected chi connectivity index (χ1v) is 7.09. The fraction of sp³-hybridized carbons (Fsp3) is 0.250. The van der Waals surface area contributed by atoms with Gasteiger partial charge in [0.15, 0.2) is 0 Å². The van der Waals surface area contributed by atoms with Gasteiger partial charge < -0.3 is 10.5 Å². The summed E-state index contributed by atoms with van der Waals surface area (Å²) in [6.07, 6.45) is 0.823. The number of nitrogen functional groups attached to an aromatic ring is 1. The van der Waals surface area contributed by atoms with Crippen LogP contribution in [0.25, 0.3) is 0 Å². The second kappa shape index (κ2) is 6.14. The van der Waals surface area contributed by atoms with E-state index in [4.69, 9.17) is 27.5 Å². The number of ether oxygens (including phenoxy) is 1. The smallest absolute Gasteiger partial charge is 0.141 e.